The normalized spacial score (nSPS) is 17.4. The molecule has 0 unspecified atom stereocenters. The molecule has 1 aromatic carbocycles. The summed E-state index contributed by atoms with van der Waals surface area (Å²) in [5.41, 5.74) is 8.34. The van der Waals surface area contributed by atoms with Gasteiger partial charge < -0.3 is 15.2 Å². The zero-order chi connectivity index (χ0) is 12.5. The fraction of sp³-hybridized carbons (Fsp3) is 0.571. The van der Waals surface area contributed by atoms with Crippen LogP contribution in [0.15, 0.2) is 12.1 Å². The predicted molar refractivity (Wildman–Crippen MR) is 68.6 cm³/mol. The van der Waals surface area contributed by atoms with Crippen LogP contribution < -0.4 is 15.2 Å². The van der Waals surface area contributed by atoms with Gasteiger partial charge in [-0.05, 0) is 50.8 Å². The minimum atomic E-state index is -0.217. The summed E-state index contributed by atoms with van der Waals surface area (Å²) >= 11 is 0. The van der Waals surface area contributed by atoms with E-state index in [1.165, 1.54) is 6.42 Å². The van der Waals surface area contributed by atoms with Crippen molar-refractivity contribution < 1.29 is 9.47 Å². The molecule has 3 heteroatoms. The monoisotopic (exact) mass is 235 g/mol. The van der Waals surface area contributed by atoms with E-state index < -0.39 is 0 Å². The summed E-state index contributed by atoms with van der Waals surface area (Å²) in [5, 5.41) is 0. The lowest BCUT2D eigenvalue weighted by molar-refractivity contribution is 0.241. The largest absolute Gasteiger partial charge is 0.496 e. The highest BCUT2D eigenvalue weighted by molar-refractivity contribution is 5.49. The van der Waals surface area contributed by atoms with Gasteiger partial charge >= 0.3 is 0 Å². The van der Waals surface area contributed by atoms with E-state index in [-0.39, 0.29) is 5.54 Å². The molecule has 2 N–H and O–H groups in total. The van der Waals surface area contributed by atoms with Crippen molar-refractivity contribution in [3.05, 3.63) is 23.3 Å². The first-order valence-electron chi connectivity index (χ1n) is 6.21. The fourth-order valence-electron chi connectivity index (χ4n) is 2.36. The SMILES string of the molecule is CCOc1cc(C2(N)CCC2)c(OC)cc1C. The molecule has 2 rings (SSSR count). The van der Waals surface area contributed by atoms with Crippen LogP contribution in [-0.2, 0) is 5.54 Å². The molecule has 94 valence electrons. The Kier molecular flexibility index (Phi) is 3.29. The van der Waals surface area contributed by atoms with Crippen molar-refractivity contribution in [2.45, 2.75) is 38.6 Å². The highest BCUT2D eigenvalue weighted by atomic mass is 16.5. The molecule has 0 spiro atoms. The molecular formula is C14H21NO2. The minimum Gasteiger partial charge on any atom is -0.496 e. The molecule has 1 fully saturated rings. The molecule has 0 bridgehead atoms. The van der Waals surface area contributed by atoms with Crippen molar-refractivity contribution in [1.29, 1.82) is 0 Å². The minimum absolute atomic E-state index is 0.217. The van der Waals surface area contributed by atoms with E-state index in [2.05, 4.69) is 6.07 Å². The van der Waals surface area contributed by atoms with E-state index in [9.17, 15) is 0 Å². The molecule has 1 aromatic rings. The lowest BCUT2D eigenvalue weighted by Gasteiger charge is -2.39. The van der Waals surface area contributed by atoms with Crippen LogP contribution in [0.25, 0.3) is 0 Å². The molecule has 17 heavy (non-hydrogen) atoms. The van der Waals surface area contributed by atoms with Crippen LogP contribution in [0.1, 0.15) is 37.3 Å². The van der Waals surface area contributed by atoms with E-state index >= 15 is 0 Å². The number of hydrogen-bond acceptors (Lipinski definition) is 3. The number of nitrogens with two attached hydrogens (primary N) is 1. The molecule has 1 aliphatic carbocycles. The van der Waals surface area contributed by atoms with E-state index in [0.717, 1.165) is 35.5 Å². The van der Waals surface area contributed by atoms with E-state index in [1.807, 2.05) is 19.9 Å². The Labute approximate surface area is 103 Å². The standard InChI is InChI=1S/C14H21NO2/c1-4-17-12-9-11(14(15)6-5-7-14)13(16-3)8-10(12)2/h8-9H,4-7,15H2,1-3H3. The number of benzene rings is 1. The van der Waals surface area contributed by atoms with Crippen LogP contribution in [0.2, 0.25) is 0 Å². The Balaban J connectivity index is 2.44. The van der Waals surface area contributed by atoms with E-state index in [0.29, 0.717) is 6.61 Å². The van der Waals surface area contributed by atoms with Gasteiger partial charge in [-0.15, -0.1) is 0 Å². The van der Waals surface area contributed by atoms with Crippen molar-refractivity contribution >= 4 is 0 Å². The first-order valence-corrected chi connectivity index (χ1v) is 6.21. The second-order valence-electron chi connectivity index (χ2n) is 4.76. The second kappa shape index (κ2) is 4.57. The number of aryl methyl sites for hydroxylation is 1. The van der Waals surface area contributed by atoms with Crippen LogP contribution in [0.3, 0.4) is 0 Å². The van der Waals surface area contributed by atoms with Crippen LogP contribution in [0.4, 0.5) is 0 Å². The van der Waals surface area contributed by atoms with Crippen LogP contribution in [0, 0.1) is 6.92 Å². The third-order valence-corrected chi connectivity index (χ3v) is 3.58. The summed E-state index contributed by atoms with van der Waals surface area (Å²) in [4.78, 5) is 0. The van der Waals surface area contributed by atoms with Crippen molar-refractivity contribution in [2.75, 3.05) is 13.7 Å². The van der Waals surface area contributed by atoms with Crippen molar-refractivity contribution in [1.82, 2.24) is 0 Å². The Hall–Kier alpha value is -1.22. The van der Waals surface area contributed by atoms with E-state index in [1.54, 1.807) is 7.11 Å². The molecule has 0 aliphatic heterocycles. The molecule has 0 saturated heterocycles. The molecule has 3 nitrogen and oxygen atoms in total. The number of rotatable bonds is 4. The van der Waals surface area contributed by atoms with Crippen LogP contribution in [-0.4, -0.2) is 13.7 Å². The topological polar surface area (TPSA) is 44.5 Å². The maximum Gasteiger partial charge on any atom is 0.124 e. The third-order valence-electron chi connectivity index (χ3n) is 3.58. The number of ether oxygens (including phenoxy) is 2. The smallest absolute Gasteiger partial charge is 0.124 e. The predicted octanol–water partition coefficient (Wildman–Crippen LogP) is 2.74. The third kappa shape index (κ3) is 2.12. The highest BCUT2D eigenvalue weighted by Crippen LogP contribution is 2.44. The molecule has 1 aliphatic rings. The van der Waals surface area contributed by atoms with Gasteiger partial charge in [0, 0.05) is 11.1 Å². The first kappa shape index (κ1) is 12.2. The Morgan fingerprint density at radius 3 is 2.47 bits per heavy atom. The second-order valence-corrected chi connectivity index (χ2v) is 4.76. The van der Waals surface area contributed by atoms with E-state index in [4.69, 9.17) is 15.2 Å². The van der Waals surface area contributed by atoms with Gasteiger partial charge in [0.05, 0.1) is 13.7 Å². The molecule has 0 radical (unpaired) electrons. The van der Waals surface area contributed by atoms with Gasteiger partial charge in [0.25, 0.3) is 0 Å². The molecule has 0 atom stereocenters. The lowest BCUT2D eigenvalue weighted by atomic mass is 9.72. The van der Waals surface area contributed by atoms with Gasteiger partial charge in [-0.1, -0.05) is 0 Å². The number of methoxy groups -OCH3 is 1. The zero-order valence-electron chi connectivity index (χ0n) is 10.9. The average molecular weight is 235 g/mol. The van der Waals surface area contributed by atoms with Crippen LogP contribution in [0.5, 0.6) is 11.5 Å². The van der Waals surface area contributed by atoms with Crippen LogP contribution >= 0.6 is 0 Å². The summed E-state index contributed by atoms with van der Waals surface area (Å²) in [6.07, 6.45) is 3.24. The summed E-state index contributed by atoms with van der Waals surface area (Å²) in [6.45, 7) is 4.69. The lowest BCUT2D eigenvalue weighted by Crippen LogP contribution is -2.43. The van der Waals surface area contributed by atoms with Gasteiger partial charge in [-0.25, -0.2) is 0 Å². The highest BCUT2D eigenvalue weighted by Gasteiger charge is 2.37. The van der Waals surface area contributed by atoms with Gasteiger partial charge in [0.2, 0.25) is 0 Å². The quantitative estimate of drug-likeness (QED) is 0.872. The fourth-order valence-corrected chi connectivity index (χ4v) is 2.36. The summed E-state index contributed by atoms with van der Waals surface area (Å²) in [6, 6.07) is 4.07. The van der Waals surface area contributed by atoms with Gasteiger partial charge in [-0.3, -0.25) is 0 Å². The van der Waals surface area contributed by atoms with Gasteiger partial charge in [0.1, 0.15) is 11.5 Å². The number of hydrogen-bond donors (Lipinski definition) is 1. The Morgan fingerprint density at radius 1 is 1.29 bits per heavy atom. The molecule has 0 heterocycles. The average Bonchev–Trinajstić information content (AvgIpc) is 2.28. The van der Waals surface area contributed by atoms with Crippen molar-refractivity contribution in [3.63, 3.8) is 0 Å². The van der Waals surface area contributed by atoms with Gasteiger partial charge in [-0.2, -0.15) is 0 Å². The summed E-state index contributed by atoms with van der Waals surface area (Å²) in [5.74, 6) is 1.80. The Bertz CT molecular complexity index is 411. The maximum atomic E-state index is 6.38. The Morgan fingerprint density at radius 2 is 2.00 bits per heavy atom. The molecule has 0 aromatic heterocycles. The summed E-state index contributed by atoms with van der Waals surface area (Å²) in [7, 11) is 1.70. The molecule has 1 saturated carbocycles. The molecule has 0 amide bonds. The summed E-state index contributed by atoms with van der Waals surface area (Å²) < 4.78 is 11.1. The van der Waals surface area contributed by atoms with Gasteiger partial charge in [0.15, 0.2) is 0 Å². The zero-order valence-corrected chi connectivity index (χ0v) is 10.9. The van der Waals surface area contributed by atoms with Crippen molar-refractivity contribution in [3.8, 4) is 11.5 Å². The molecular weight excluding hydrogens is 214 g/mol. The first-order chi connectivity index (χ1) is 8.10. The van der Waals surface area contributed by atoms with Crippen molar-refractivity contribution in [2.24, 2.45) is 5.73 Å². The maximum absolute atomic E-state index is 6.38.